The maximum absolute atomic E-state index is 13.6. The molecule has 2 aliphatic rings. The van der Waals surface area contributed by atoms with E-state index in [1.807, 2.05) is 35.9 Å². The first-order valence-corrected chi connectivity index (χ1v) is 13.1. The van der Waals surface area contributed by atoms with Crippen molar-refractivity contribution in [2.75, 3.05) is 30.4 Å². The van der Waals surface area contributed by atoms with E-state index in [1.165, 1.54) is 18.5 Å². The van der Waals surface area contributed by atoms with Gasteiger partial charge in [-0.1, -0.05) is 12.1 Å². The number of ether oxygens (including phenoxy) is 2. The molecule has 2 atom stereocenters. The van der Waals surface area contributed by atoms with Crippen LogP contribution in [0.2, 0.25) is 0 Å². The summed E-state index contributed by atoms with van der Waals surface area (Å²) < 4.78 is 28.3. The largest absolute Gasteiger partial charge is 0.444 e. The second-order valence-corrected chi connectivity index (χ2v) is 10.3. The zero-order valence-electron chi connectivity index (χ0n) is 21.7. The first-order valence-electron chi connectivity index (χ1n) is 13.1. The number of hydrogen-bond acceptors (Lipinski definition) is 8. The minimum absolute atomic E-state index is 0.213. The maximum atomic E-state index is 13.6. The Labute approximate surface area is 228 Å². The van der Waals surface area contributed by atoms with E-state index in [1.54, 1.807) is 23.0 Å². The Bertz CT molecular complexity index is 1740. The van der Waals surface area contributed by atoms with Crippen molar-refractivity contribution in [3.8, 4) is 0 Å². The Kier molecular flexibility index (Phi) is 5.86. The van der Waals surface area contributed by atoms with Crippen molar-refractivity contribution in [3.63, 3.8) is 0 Å². The number of rotatable bonds is 6. The molecule has 40 heavy (non-hydrogen) atoms. The van der Waals surface area contributed by atoms with Gasteiger partial charge in [0, 0.05) is 29.6 Å². The number of carbonyl (C=O) groups is 1. The maximum Gasteiger partial charge on any atom is 0.412 e. The lowest BCUT2D eigenvalue weighted by atomic mass is 10.2. The van der Waals surface area contributed by atoms with E-state index >= 15 is 0 Å². The molecule has 3 N–H and O–H groups in total. The molecule has 1 amide bonds. The highest BCUT2D eigenvalue weighted by Crippen LogP contribution is 2.41. The topological polar surface area (TPSA) is 120 Å². The molecule has 12 heteroatoms. The quantitative estimate of drug-likeness (QED) is 0.295. The predicted octanol–water partition coefficient (Wildman–Crippen LogP) is 4.00. The van der Waals surface area contributed by atoms with Crippen molar-refractivity contribution in [1.82, 2.24) is 29.7 Å². The number of amides is 1. The molecule has 1 saturated heterocycles. The SMILES string of the molecule is Cc1c(NC(=O)OC2CC23COCCN3)cn2ncnc(Nc3ccc4c(cnn4Cc4cccc(F)c4)c3)c12. The number of fused-ring (bicyclic) bond motifs is 2. The number of nitrogens with zero attached hydrogens (tertiary/aromatic N) is 5. The molecule has 0 radical (unpaired) electrons. The number of nitrogens with one attached hydrogen (secondary N) is 3. The van der Waals surface area contributed by atoms with Crippen LogP contribution in [0.4, 0.5) is 26.4 Å². The summed E-state index contributed by atoms with van der Waals surface area (Å²) in [4.78, 5) is 17.1. The monoisotopic (exact) mass is 542 g/mol. The molecular weight excluding hydrogens is 515 g/mol. The number of morpholine rings is 1. The van der Waals surface area contributed by atoms with Gasteiger partial charge in [-0.2, -0.15) is 10.2 Å². The summed E-state index contributed by atoms with van der Waals surface area (Å²) in [5, 5.41) is 19.4. The van der Waals surface area contributed by atoms with E-state index in [9.17, 15) is 9.18 Å². The molecule has 4 heterocycles. The smallest absolute Gasteiger partial charge is 0.412 e. The second-order valence-electron chi connectivity index (χ2n) is 10.3. The van der Waals surface area contributed by atoms with Crippen LogP contribution in [0.1, 0.15) is 17.5 Å². The molecule has 204 valence electrons. The molecule has 1 aliphatic heterocycles. The molecule has 1 spiro atoms. The lowest BCUT2D eigenvalue weighted by molar-refractivity contribution is 0.0452. The lowest BCUT2D eigenvalue weighted by Crippen LogP contribution is -2.46. The van der Waals surface area contributed by atoms with Crippen LogP contribution < -0.4 is 16.0 Å². The van der Waals surface area contributed by atoms with Gasteiger partial charge >= 0.3 is 6.09 Å². The van der Waals surface area contributed by atoms with Gasteiger partial charge in [-0.25, -0.2) is 18.7 Å². The Morgan fingerprint density at radius 1 is 1.27 bits per heavy atom. The Balaban J connectivity index is 1.08. The zero-order valence-corrected chi connectivity index (χ0v) is 21.7. The number of benzene rings is 2. The zero-order chi connectivity index (χ0) is 27.3. The summed E-state index contributed by atoms with van der Waals surface area (Å²) in [5.41, 5.74) is 4.44. The van der Waals surface area contributed by atoms with E-state index in [4.69, 9.17) is 9.47 Å². The Morgan fingerprint density at radius 2 is 2.20 bits per heavy atom. The molecule has 2 aromatic carbocycles. The first kappa shape index (κ1) is 24.5. The van der Waals surface area contributed by atoms with Crippen molar-refractivity contribution in [2.45, 2.75) is 31.5 Å². The van der Waals surface area contributed by atoms with Crippen LogP contribution >= 0.6 is 0 Å². The average Bonchev–Trinajstić information content (AvgIpc) is 3.25. The van der Waals surface area contributed by atoms with Gasteiger partial charge < -0.3 is 20.1 Å². The summed E-state index contributed by atoms with van der Waals surface area (Å²) in [7, 11) is 0. The fourth-order valence-corrected chi connectivity index (χ4v) is 5.32. The number of halogens is 1. The van der Waals surface area contributed by atoms with E-state index in [0.717, 1.165) is 46.2 Å². The van der Waals surface area contributed by atoms with Crippen LogP contribution in [0.15, 0.2) is 61.2 Å². The lowest BCUT2D eigenvalue weighted by Gasteiger charge is -2.24. The second kappa shape index (κ2) is 9.57. The molecule has 3 aromatic heterocycles. The van der Waals surface area contributed by atoms with E-state index in [2.05, 4.69) is 31.1 Å². The molecule has 1 aliphatic carbocycles. The minimum Gasteiger partial charge on any atom is -0.444 e. The number of carbonyl (C=O) groups excluding carboxylic acids is 1. The number of aromatic nitrogens is 5. The number of hydrogen-bond donors (Lipinski definition) is 3. The first-order chi connectivity index (χ1) is 19.5. The average molecular weight is 543 g/mol. The van der Waals surface area contributed by atoms with Gasteiger partial charge in [0.1, 0.15) is 23.8 Å². The van der Waals surface area contributed by atoms with Gasteiger partial charge in [-0.3, -0.25) is 10.00 Å². The summed E-state index contributed by atoms with van der Waals surface area (Å²) in [5.74, 6) is 0.320. The van der Waals surface area contributed by atoms with E-state index < -0.39 is 6.09 Å². The van der Waals surface area contributed by atoms with Crippen molar-refractivity contribution in [3.05, 3.63) is 78.1 Å². The molecule has 0 bridgehead atoms. The third-order valence-corrected chi connectivity index (χ3v) is 7.53. The van der Waals surface area contributed by atoms with Crippen LogP contribution in [0.3, 0.4) is 0 Å². The normalized spacial score (nSPS) is 20.2. The standard InChI is InChI=1S/C28H27FN8O3/c1-17-22(35-27(38)40-24-11-28(24)15-39-8-7-31-28)14-37-25(17)26(30-16-33-37)34-21-5-6-23-19(10-21)12-32-36(23)13-18-3-2-4-20(29)9-18/h2-6,9-10,12,14,16,24,31H,7-8,11,13,15H2,1H3,(H,35,38)(H,30,33,34). The highest BCUT2D eigenvalue weighted by atomic mass is 19.1. The van der Waals surface area contributed by atoms with Crippen LogP contribution in [0.25, 0.3) is 16.4 Å². The van der Waals surface area contributed by atoms with Crippen molar-refractivity contribution >= 4 is 39.7 Å². The van der Waals surface area contributed by atoms with Gasteiger partial charge in [0.2, 0.25) is 0 Å². The third kappa shape index (κ3) is 4.50. The van der Waals surface area contributed by atoms with Gasteiger partial charge in [-0.05, 0) is 42.8 Å². The van der Waals surface area contributed by atoms with Crippen LogP contribution in [0, 0.1) is 12.7 Å². The van der Waals surface area contributed by atoms with E-state index in [-0.39, 0.29) is 17.5 Å². The van der Waals surface area contributed by atoms with Crippen molar-refractivity contribution in [1.29, 1.82) is 0 Å². The van der Waals surface area contributed by atoms with Gasteiger partial charge in [0.15, 0.2) is 5.82 Å². The number of anilines is 3. The van der Waals surface area contributed by atoms with Crippen molar-refractivity contribution in [2.24, 2.45) is 0 Å². The van der Waals surface area contributed by atoms with Crippen LogP contribution in [-0.4, -0.2) is 61.9 Å². The Morgan fingerprint density at radius 3 is 3.05 bits per heavy atom. The molecule has 7 rings (SSSR count). The van der Waals surface area contributed by atoms with Crippen molar-refractivity contribution < 1.29 is 18.7 Å². The highest BCUT2D eigenvalue weighted by molar-refractivity contribution is 5.91. The van der Waals surface area contributed by atoms with E-state index in [0.29, 0.717) is 31.3 Å². The minimum atomic E-state index is -0.517. The van der Waals surface area contributed by atoms with Gasteiger partial charge in [0.25, 0.3) is 0 Å². The summed E-state index contributed by atoms with van der Waals surface area (Å²) in [6.07, 6.45) is 4.99. The fourth-order valence-electron chi connectivity index (χ4n) is 5.32. The summed E-state index contributed by atoms with van der Waals surface area (Å²) in [6.45, 7) is 4.33. The Hall–Kier alpha value is -4.55. The fraction of sp³-hybridized carbons (Fsp3) is 0.286. The van der Waals surface area contributed by atoms with Gasteiger partial charge in [-0.15, -0.1) is 0 Å². The molecule has 2 unspecified atom stereocenters. The molecule has 2 fully saturated rings. The van der Waals surface area contributed by atoms with Gasteiger partial charge in [0.05, 0.1) is 48.9 Å². The van der Waals surface area contributed by atoms with Crippen LogP contribution in [0.5, 0.6) is 0 Å². The van der Waals surface area contributed by atoms with Crippen LogP contribution in [-0.2, 0) is 16.0 Å². The molecule has 5 aromatic rings. The molecule has 11 nitrogen and oxygen atoms in total. The number of aryl methyl sites for hydroxylation is 1. The highest BCUT2D eigenvalue weighted by Gasteiger charge is 2.58. The summed E-state index contributed by atoms with van der Waals surface area (Å²) >= 11 is 0. The molecule has 1 saturated carbocycles. The third-order valence-electron chi connectivity index (χ3n) is 7.53. The summed E-state index contributed by atoms with van der Waals surface area (Å²) in [6, 6.07) is 12.4. The molecular formula is C28H27FN8O3. The predicted molar refractivity (Wildman–Crippen MR) is 146 cm³/mol.